The molecule has 0 aliphatic rings. The Morgan fingerprint density at radius 1 is 1.22 bits per heavy atom. The van der Waals surface area contributed by atoms with Crippen LogP contribution in [0.3, 0.4) is 0 Å². The van der Waals surface area contributed by atoms with Crippen LogP contribution < -0.4 is 5.43 Å². The van der Waals surface area contributed by atoms with Crippen molar-refractivity contribution in [2.45, 2.75) is 13.8 Å². The van der Waals surface area contributed by atoms with Gasteiger partial charge in [-0.2, -0.15) is 0 Å². The van der Waals surface area contributed by atoms with Gasteiger partial charge in [0.05, 0.1) is 5.56 Å². The van der Waals surface area contributed by atoms with Crippen LogP contribution in [0.5, 0.6) is 0 Å². The fraction of sp³-hybridized carbons (Fsp3) is 0.182. The number of hydrogen-bond acceptors (Lipinski definition) is 3. The van der Waals surface area contributed by atoms with Gasteiger partial charge in [0.1, 0.15) is 0 Å². The molecule has 0 saturated heterocycles. The molecule has 0 atom stereocenters. The molecule has 0 saturated carbocycles. The minimum Gasteiger partial charge on any atom is -0.267 e. The van der Waals surface area contributed by atoms with Crippen LogP contribution in [-0.2, 0) is 0 Å². The Balaban J connectivity index is 2.30. The summed E-state index contributed by atoms with van der Waals surface area (Å²) in [4.78, 5) is 12.0. The first-order valence-electron chi connectivity index (χ1n) is 5.14. The number of carbonyl (C=O) groups is 1. The summed E-state index contributed by atoms with van der Waals surface area (Å²) in [7, 11) is 0. The van der Waals surface area contributed by atoms with Gasteiger partial charge in [0.25, 0.3) is 5.91 Å². The maximum atomic E-state index is 12.0. The van der Waals surface area contributed by atoms with E-state index >= 15 is 0 Å². The average molecular weight is 285 g/mol. The molecule has 2 rings (SSSR count). The summed E-state index contributed by atoms with van der Waals surface area (Å²) in [6, 6.07) is 5.17. The Morgan fingerprint density at radius 3 is 2.44 bits per heavy atom. The second-order valence-corrected chi connectivity index (χ2v) is 4.51. The number of nitrogens with zero attached hydrogens (tertiary/aromatic N) is 3. The van der Waals surface area contributed by atoms with Crippen molar-refractivity contribution in [3.05, 3.63) is 45.5 Å². The smallest absolute Gasteiger partial charge is 0.267 e. The van der Waals surface area contributed by atoms with Crippen LogP contribution in [0.15, 0.2) is 18.2 Å². The molecule has 1 N–H and O–H groups in total. The number of hydrogen-bond donors (Lipinski definition) is 1. The fourth-order valence-electron chi connectivity index (χ4n) is 1.52. The zero-order valence-corrected chi connectivity index (χ0v) is 11.2. The number of halogens is 2. The topological polar surface area (TPSA) is 59.8 Å². The third-order valence-corrected chi connectivity index (χ3v) is 2.91. The first-order valence-corrected chi connectivity index (χ1v) is 5.89. The molecule has 2 aromatic rings. The largest absolute Gasteiger partial charge is 0.273 e. The van der Waals surface area contributed by atoms with Crippen molar-refractivity contribution in [3.63, 3.8) is 0 Å². The lowest BCUT2D eigenvalue weighted by atomic mass is 10.3. The number of rotatable bonds is 2. The Hall–Kier alpha value is -1.59. The van der Waals surface area contributed by atoms with E-state index in [0.29, 0.717) is 0 Å². The molecule has 1 amide bonds. The average Bonchev–Trinajstić information content (AvgIpc) is 2.64. The molecule has 0 fully saturated rings. The lowest BCUT2D eigenvalue weighted by Gasteiger charge is -2.11. The van der Waals surface area contributed by atoms with E-state index in [9.17, 15) is 4.79 Å². The molecule has 5 nitrogen and oxygen atoms in total. The molecular formula is C11H10Cl2N4O. The lowest BCUT2D eigenvalue weighted by Crippen LogP contribution is -2.25. The molecule has 0 aliphatic heterocycles. The van der Waals surface area contributed by atoms with Crippen molar-refractivity contribution in [3.8, 4) is 0 Å². The molecule has 0 aliphatic carbocycles. The van der Waals surface area contributed by atoms with Crippen molar-refractivity contribution in [1.29, 1.82) is 0 Å². The van der Waals surface area contributed by atoms with Gasteiger partial charge in [0.15, 0.2) is 10.3 Å². The van der Waals surface area contributed by atoms with Gasteiger partial charge in [-0.15, -0.1) is 10.2 Å². The van der Waals surface area contributed by atoms with Crippen LogP contribution in [0.1, 0.15) is 21.7 Å². The van der Waals surface area contributed by atoms with E-state index in [4.69, 9.17) is 23.2 Å². The van der Waals surface area contributed by atoms with E-state index < -0.39 is 0 Å². The summed E-state index contributed by atoms with van der Waals surface area (Å²) in [5.41, 5.74) is 4.71. The summed E-state index contributed by atoms with van der Waals surface area (Å²) in [5.74, 6) is -0.390. The zero-order valence-electron chi connectivity index (χ0n) is 9.74. The third-order valence-electron chi connectivity index (χ3n) is 2.45. The molecule has 2 heterocycles. The fourth-order valence-corrected chi connectivity index (χ4v) is 1.84. The van der Waals surface area contributed by atoms with Crippen molar-refractivity contribution in [2.24, 2.45) is 0 Å². The summed E-state index contributed by atoms with van der Waals surface area (Å²) in [6.07, 6.45) is 0. The highest BCUT2D eigenvalue weighted by atomic mass is 35.5. The quantitative estimate of drug-likeness (QED) is 0.922. The predicted octanol–water partition coefficient (Wildman–Crippen LogP) is 2.59. The van der Waals surface area contributed by atoms with Crippen LogP contribution >= 0.6 is 23.2 Å². The second kappa shape index (κ2) is 4.96. The van der Waals surface area contributed by atoms with Gasteiger partial charge in [-0.1, -0.05) is 23.2 Å². The highest BCUT2D eigenvalue weighted by molar-refractivity contribution is 6.34. The van der Waals surface area contributed by atoms with Gasteiger partial charge in [-0.05, 0) is 32.0 Å². The number of nitrogens with one attached hydrogen (secondary N) is 1. The summed E-state index contributed by atoms with van der Waals surface area (Å²) in [6.45, 7) is 3.76. The Morgan fingerprint density at radius 2 is 1.83 bits per heavy atom. The van der Waals surface area contributed by atoms with E-state index in [1.807, 2.05) is 26.0 Å². The van der Waals surface area contributed by atoms with Crippen molar-refractivity contribution in [1.82, 2.24) is 14.9 Å². The normalized spacial score (nSPS) is 10.4. The molecule has 7 heteroatoms. The SMILES string of the molecule is Cc1ccc(C)n1NC(=O)c1cc(Cl)nnc1Cl. The zero-order chi connectivity index (χ0) is 13.3. The van der Waals surface area contributed by atoms with Crippen LogP contribution in [0, 0.1) is 13.8 Å². The van der Waals surface area contributed by atoms with Crippen LogP contribution in [0.25, 0.3) is 0 Å². The van der Waals surface area contributed by atoms with Crippen molar-refractivity contribution in [2.75, 3.05) is 5.43 Å². The Bertz CT molecular complexity index is 590. The summed E-state index contributed by atoms with van der Waals surface area (Å²) in [5, 5.41) is 7.27. The van der Waals surface area contributed by atoms with E-state index in [1.165, 1.54) is 6.07 Å². The minimum atomic E-state index is -0.390. The number of carbonyl (C=O) groups excluding carboxylic acids is 1. The van der Waals surface area contributed by atoms with E-state index in [2.05, 4.69) is 15.6 Å². The molecule has 0 spiro atoms. The molecule has 2 aromatic heterocycles. The second-order valence-electron chi connectivity index (χ2n) is 3.76. The van der Waals surface area contributed by atoms with Crippen molar-refractivity contribution >= 4 is 29.1 Å². The maximum absolute atomic E-state index is 12.0. The van der Waals surface area contributed by atoms with Gasteiger partial charge in [-0.3, -0.25) is 14.9 Å². The number of aryl methyl sites for hydroxylation is 2. The van der Waals surface area contributed by atoms with Gasteiger partial charge in [0, 0.05) is 11.4 Å². The Kier molecular flexibility index (Phi) is 3.54. The van der Waals surface area contributed by atoms with E-state index in [-0.39, 0.29) is 21.8 Å². The molecular weight excluding hydrogens is 275 g/mol. The van der Waals surface area contributed by atoms with Crippen LogP contribution in [-0.4, -0.2) is 20.8 Å². The van der Waals surface area contributed by atoms with E-state index in [0.717, 1.165) is 11.4 Å². The first kappa shape index (κ1) is 12.9. The van der Waals surface area contributed by atoms with Gasteiger partial charge in [0.2, 0.25) is 0 Å². The number of aromatic nitrogens is 3. The minimum absolute atomic E-state index is 0.0133. The first-order chi connectivity index (χ1) is 8.49. The molecule has 18 heavy (non-hydrogen) atoms. The molecule has 94 valence electrons. The maximum Gasteiger partial charge on any atom is 0.273 e. The third kappa shape index (κ3) is 2.47. The van der Waals surface area contributed by atoms with E-state index in [1.54, 1.807) is 4.68 Å². The molecule has 0 radical (unpaired) electrons. The van der Waals surface area contributed by atoms with Gasteiger partial charge in [-0.25, -0.2) is 0 Å². The summed E-state index contributed by atoms with van der Waals surface area (Å²) >= 11 is 11.5. The highest BCUT2D eigenvalue weighted by Crippen LogP contribution is 2.16. The number of amides is 1. The van der Waals surface area contributed by atoms with Crippen LogP contribution in [0.4, 0.5) is 0 Å². The molecule has 0 bridgehead atoms. The predicted molar refractivity (Wildman–Crippen MR) is 69.6 cm³/mol. The highest BCUT2D eigenvalue weighted by Gasteiger charge is 2.14. The van der Waals surface area contributed by atoms with Crippen molar-refractivity contribution < 1.29 is 4.79 Å². The lowest BCUT2D eigenvalue weighted by molar-refractivity contribution is 0.101. The van der Waals surface area contributed by atoms with Gasteiger partial charge >= 0.3 is 0 Å². The monoisotopic (exact) mass is 284 g/mol. The standard InChI is InChI=1S/C11H10Cl2N4O/c1-6-3-4-7(2)17(6)16-11(18)8-5-9(12)14-15-10(8)13/h3-5H,1-2H3,(H,16,18). The molecule has 0 unspecified atom stereocenters. The van der Waals surface area contributed by atoms with Gasteiger partial charge < -0.3 is 0 Å². The molecule has 0 aromatic carbocycles. The van der Waals surface area contributed by atoms with Crippen LogP contribution in [0.2, 0.25) is 10.3 Å². The summed E-state index contributed by atoms with van der Waals surface area (Å²) < 4.78 is 1.66. The Labute approximate surface area is 114 Å².